The summed E-state index contributed by atoms with van der Waals surface area (Å²) in [6.07, 6.45) is 1.44. The molecular formula is C19H20N4O4. The summed E-state index contributed by atoms with van der Waals surface area (Å²) in [6.45, 7) is 0.327. The van der Waals surface area contributed by atoms with Crippen molar-refractivity contribution in [1.82, 2.24) is 19.8 Å². The predicted octanol–water partition coefficient (Wildman–Crippen LogP) is -0.204. The van der Waals surface area contributed by atoms with Crippen LogP contribution in [-0.4, -0.2) is 46.9 Å². The zero-order valence-electron chi connectivity index (χ0n) is 15.1. The van der Waals surface area contributed by atoms with Crippen LogP contribution < -0.4 is 16.6 Å². The molecule has 0 radical (unpaired) electrons. The number of H-pyrrole nitrogens is 1. The van der Waals surface area contributed by atoms with E-state index in [0.717, 1.165) is 5.56 Å². The number of carbonyl (C=O) groups is 2. The third-order valence-electron chi connectivity index (χ3n) is 3.62. The highest BCUT2D eigenvalue weighted by Crippen LogP contribution is 2.05. The van der Waals surface area contributed by atoms with E-state index in [1.165, 1.54) is 21.7 Å². The summed E-state index contributed by atoms with van der Waals surface area (Å²) < 4.78 is 1.25. The molecule has 0 aliphatic heterocycles. The van der Waals surface area contributed by atoms with E-state index in [0.29, 0.717) is 5.56 Å². The zero-order valence-corrected chi connectivity index (χ0v) is 15.1. The van der Waals surface area contributed by atoms with Gasteiger partial charge < -0.3 is 14.8 Å². The molecule has 1 aromatic carbocycles. The van der Waals surface area contributed by atoms with Crippen LogP contribution in [-0.2, 0) is 11.3 Å². The number of amides is 2. The molecule has 0 bridgehead atoms. The van der Waals surface area contributed by atoms with Crippen LogP contribution in [0.15, 0.2) is 46.1 Å². The fourth-order valence-corrected chi connectivity index (χ4v) is 2.17. The van der Waals surface area contributed by atoms with Gasteiger partial charge in [0.25, 0.3) is 11.5 Å². The van der Waals surface area contributed by atoms with Crippen molar-refractivity contribution in [3.05, 3.63) is 68.5 Å². The van der Waals surface area contributed by atoms with E-state index in [1.807, 2.05) is 0 Å². The minimum absolute atomic E-state index is 0.0802. The van der Waals surface area contributed by atoms with Crippen molar-refractivity contribution in [2.24, 2.45) is 0 Å². The normalized spacial score (nSPS) is 9.85. The Morgan fingerprint density at radius 3 is 2.48 bits per heavy atom. The van der Waals surface area contributed by atoms with Gasteiger partial charge in [0.15, 0.2) is 0 Å². The summed E-state index contributed by atoms with van der Waals surface area (Å²) in [4.78, 5) is 49.7. The van der Waals surface area contributed by atoms with E-state index in [4.69, 9.17) is 0 Å². The average Bonchev–Trinajstić information content (AvgIpc) is 2.64. The molecule has 2 rings (SSSR count). The minimum Gasteiger partial charge on any atom is -0.345 e. The number of benzene rings is 1. The molecule has 0 aliphatic rings. The lowest BCUT2D eigenvalue weighted by molar-refractivity contribution is -0.121. The summed E-state index contributed by atoms with van der Waals surface area (Å²) in [5.41, 5.74) is 0.289. The summed E-state index contributed by atoms with van der Waals surface area (Å²) in [5, 5.41) is 2.64. The first-order valence-electron chi connectivity index (χ1n) is 8.24. The molecular weight excluding hydrogens is 348 g/mol. The lowest BCUT2D eigenvalue weighted by Gasteiger charge is -2.09. The number of aromatic amines is 1. The molecule has 0 fully saturated rings. The Kier molecular flexibility index (Phi) is 6.72. The number of nitrogens with one attached hydrogen (secondary N) is 2. The Bertz CT molecular complexity index is 991. The summed E-state index contributed by atoms with van der Waals surface area (Å²) in [5.74, 6) is 5.39. The first-order valence-corrected chi connectivity index (χ1v) is 8.24. The summed E-state index contributed by atoms with van der Waals surface area (Å²) in [6, 6.07) is 8.12. The molecule has 0 saturated heterocycles. The van der Waals surface area contributed by atoms with Crippen LogP contribution in [0.2, 0.25) is 0 Å². The SMILES string of the molecule is CN(C)C(=O)c1ccc(C#CCNC(=O)CCn2ccc(=O)[nH]c2=O)cc1. The molecule has 2 amide bonds. The van der Waals surface area contributed by atoms with Gasteiger partial charge in [0.2, 0.25) is 5.91 Å². The number of carbonyl (C=O) groups excluding carboxylic acids is 2. The highest BCUT2D eigenvalue weighted by molar-refractivity contribution is 5.93. The van der Waals surface area contributed by atoms with Crippen molar-refractivity contribution >= 4 is 11.8 Å². The van der Waals surface area contributed by atoms with E-state index >= 15 is 0 Å². The van der Waals surface area contributed by atoms with Gasteiger partial charge in [-0.15, -0.1) is 0 Å². The van der Waals surface area contributed by atoms with Crippen LogP contribution in [0.25, 0.3) is 0 Å². The van der Waals surface area contributed by atoms with Crippen LogP contribution in [0.4, 0.5) is 0 Å². The highest BCUT2D eigenvalue weighted by atomic mass is 16.2. The number of aryl methyl sites for hydroxylation is 1. The molecule has 1 heterocycles. The topological polar surface area (TPSA) is 104 Å². The number of hydrogen-bond donors (Lipinski definition) is 2. The second-order valence-corrected chi connectivity index (χ2v) is 5.91. The van der Waals surface area contributed by atoms with Gasteiger partial charge in [0, 0.05) is 50.5 Å². The van der Waals surface area contributed by atoms with Gasteiger partial charge in [-0.1, -0.05) is 11.8 Å². The highest BCUT2D eigenvalue weighted by Gasteiger charge is 2.06. The average molecular weight is 368 g/mol. The van der Waals surface area contributed by atoms with E-state index < -0.39 is 11.2 Å². The van der Waals surface area contributed by atoms with Crippen LogP contribution in [0, 0.1) is 11.8 Å². The van der Waals surface area contributed by atoms with Crippen molar-refractivity contribution in [1.29, 1.82) is 0 Å². The van der Waals surface area contributed by atoms with Gasteiger partial charge in [0.05, 0.1) is 6.54 Å². The molecule has 1 aromatic heterocycles. The fraction of sp³-hybridized carbons (Fsp3) is 0.263. The number of hydrogen-bond acceptors (Lipinski definition) is 4. The van der Waals surface area contributed by atoms with E-state index in [2.05, 4.69) is 22.1 Å². The summed E-state index contributed by atoms with van der Waals surface area (Å²) >= 11 is 0. The number of nitrogens with zero attached hydrogens (tertiary/aromatic N) is 2. The monoisotopic (exact) mass is 368 g/mol. The Morgan fingerprint density at radius 1 is 1.15 bits per heavy atom. The number of aromatic nitrogens is 2. The Labute approximate surface area is 155 Å². The van der Waals surface area contributed by atoms with Crippen molar-refractivity contribution in [3.63, 3.8) is 0 Å². The minimum atomic E-state index is -0.550. The second-order valence-electron chi connectivity index (χ2n) is 5.91. The molecule has 8 heteroatoms. The van der Waals surface area contributed by atoms with Crippen molar-refractivity contribution in [2.75, 3.05) is 20.6 Å². The van der Waals surface area contributed by atoms with E-state index in [1.54, 1.807) is 38.4 Å². The fourth-order valence-electron chi connectivity index (χ4n) is 2.17. The lowest BCUT2D eigenvalue weighted by atomic mass is 10.1. The van der Waals surface area contributed by atoms with Crippen LogP contribution in [0.1, 0.15) is 22.3 Å². The maximum absolute atomic E-state index is 11.8. The Balaban J connectivity index is 1.81. The molecule has 8 nitrogen and oxygen atoms in total. The quantitative estimate of drug-likeness (QED) is 0.713. The van der Waals surface area contributed by atoms with Gasteiger partial charge in [-0.05, 0) is 24.3 Å². The van der Waals surface area contributed by atoms with Crippen LogP contribution in [0.3, 0.4) is 0 Å². The largest absolute Gasteiger partial charge is 0.345 e. The Morgan fingerprint density at radius 2 is 1.85 bits per heavy atom. The van der Waals surface area contributed by atoms with Gasteiger partial charge in [-0.25, -0.2) is 4.79 Å². The third-order valence-corrected chi connectivity index (χ3v) is 3.62. The maximum Gasteiger partial charge on any atom is 0.328 e. The molecule has 140 valence electrons. The third kappa shape index (κ3) is 6.01. The predicted molar refractivity (Wildman–Crippen MR) is 100 cm³/mol. The van der Waals surface area contributed by atoms with Crippen LogP contribution >= 0.6 is 0 Å². The van der Waals surface area contributed by atoms with Crippen molar-refractivity contribution < 1.29 is 9.59 Å². The number of rotatable bonds is 5. The van der Waals surface area contributed by atoms with Crippen molar-refractivity contribution in [2.45, 2.75) is 13.0 Å². The first kappa shape index (κ1) is 19.7. The molecule has 0 aliphatic carbocycles. The molecule has 0 saturated carbocycles. The smallest absolute Gasteiger partial charge is 0.328 e. The van der Waals surface area contributed by atoms with E-state index in [9.17, 15) is 19.2 Å². The second kappa shape index (κ2) is 9.20. The lowest BCUT2D eigenvalue weighted by Crippen LogP contribution is -2.31. The molecule has 0 unspecified atom stereocenters. The van der Waals surface area contributed by atoms with Gasteiger partial charge >= 0.3 is 5.69 Å². The molecule has 2 aromatic rings. The van der Waals surface area contributed by atoms with Gasteiger partial charge in [-0.3, -0.25) is 19.4 Å². The molecule has 27 heavy (non-hydrogen) atoms. The van der Waals surface area contributed by atoms with Gasteiger partial charge in [-0.2, -0.15) is 0 Å². The van der Waals surface area contributed by atoms with Crippen molar-refractivity contribution in [3.8, 4) is 11.8 Å². The van der Waals surface area contributed by atoms with Gasteiger partial charge in [0.1, 0.15) is 0 Å². The first-order chi connectivity index (χ1) is 12.9. The molecule has 2 N–H and O–H groups in total. The standard InChI is InChI=1S/C19H20N4O4/c1-22(2)18(26)15-7-5-14(6-8-15)4-3-11-20-16(24)9-12-23-13-10-17(25)21-19(23)27/h5-8,10,13H,9,11-12H2,1-2H3,(H,20,24)(H,21,25,27). The van der Waals surface area contributed by atoms with Crippen LogP contribution in [0.5, 0.6) is 0 Å². The molecule has 0 spiro atoms. The van der Waals surface area contributed by atoms with E-state index in [-0.39, 0.29) is 31.3 Å². The Hall–Kier alpha value is -3.60. The maximum atomic E-state index is 11.8. The molecule has 0 atom stereocenters. The summed E-state index contributed by atoms with van der Waals surface area (Å²) in [7, 11) is 3.37. The zero-order chi connectivity index (χ0) is 19.8.